The summed E-state index contributed by atoms with van der Waals surface area (Å²) in [5.74, 6) is 1.49. The summed E-state index contributed by atoms with van der Waals surface area (Å²) >= 11 is 0. The summed E-state index contributed by atoms with van der Waals surface area (Å²) in [7, 11) is 1.08. The molecule has 12 heteroatoms. The molecule has 11 nitrogen and oxygen atoms in total. The minimum absolute atomic E-state index is 0.00838. The van der Waals surface area contributed by atoms with Crippen molar-refractivity contribution < 1.29 is 32.5 Å². The van der Waals surface area contributed by atoms with Crippen molar-refractivity contribution in [3.63, 3.8) is 0 Å². The third-order valence-corrected chi connectivity index (χ3v) is 9.73. The second-order valence-electron chi connectivity index (χ2n) is 11.5. The molecule has 44 heavy (non-hydrogen) atoms. The molecule has 0 bridgehead atoms. The Labute approximate surface area is 258 Å². The SMILES string of the molecule is COc1cccc(-c2ccc3c(c2)OCC2(CCN(C(=O)Nc4ccccc4OC)CC2)CN(C)CC(O)CNS3(=O)=O)c1. The molecule has 2 heterocycles. The maximum Gasteiger partial charge on any atom is 0.321 e. The number of urea groups is 1. The van der Waals surface area contributed by atoms with Crippen molar-refractivity contribution in [2.45, 2.75) is 23.8 Å². The molecule has 0 aromatic heterocycles. The van der Waals surface area contributed by atoms with Crippen LogP contribution in [0.4, 0.5) is 10.5 Å². The molecule has 0 radical (unpaired) electrons. The van der Waals surface area contributed by atoms with Crippen molar-refractivity contribution >= 4 is 21.7 Å². The first-order chi connectivity index (χ1) is 21.1. The van der Waals surface area contributed by atoms with E-state index in [2.05, 4.69) is 10.0 Å². The van der Waals surface area contributed by atoms with E-state index in [1.165, 1.54) is 6.07 Å². The molecule has 3 aromatic rings. The second kappa shape index (κ2) is 13.4. The molecule has 1 spiro atoms. The zero-order valence-electron chi connectivity index (χ0n) is 25.3. The Morgan fingerprint density at radius 2 is 1.77 bits per heavy atom. The Hall–Kier alpha value is -3.84. The van der Waals surface area contributed by atoms with Gasteiger partial charge in [-0.15, -0.1) is 0 Å². The van der Waals surface area contributed by atoms with Gasteiger partial charge in [0.15, 0.2) is 0 Å². The monoisotopic (exact) mass is 624 g/mol. The Balaban J connectivity index is 1.41. The van der Waals surface area contributed by atoms with Crippen molar-refractivity contribution in [2.24, 2.45) is 5.41 Å². The number of para-hydroxylation sites is 2. The Kier molecular flexibility index (Phi) is 9.64. The van der Waals surface area contributed by atoms with Crippen LogP contribution in [0, 0.1) is 5.41 Å². The van der Waals surface area contributed by atoms with E-state index in [-0.39, 0.29) is 36.4 Å². The normalized spacial score (nSPS) is 20.4. The number of benzene rings is 3. The summed E-state index contributed by atoms with van der Waals surface area (Å²) in [4.78, 5) is 17.0. The summed E-state index contributed by atoms with van der Waals surface area (Å²) in [6.45, 7) is 1.95. The molecule has 1 unspecified atom stereocenters. The first-order valence-electron chi connectivity index (χ1n) is 14.6. The van der Waals surface area contributed by atoms with E-state index in [9.17, 15) is 18.3 Å². The van der Waals surface area contributed by atoms with Crippen LogP contribution in [0.15, 0.2) is 71.6 Å². The smallest absolute Gasteiger partial charge is 0.321 e. The number of carbonyl (C=O) groups is 1. The molecule has 0 saturated carbocycles. The van der Waals surface area contributed by atoms with Crippen LogP contribution in [0.2, 0.25) is 0 Å². The predicted molar refractivity (Wildman–Crippen MR) is 168 cm³/mol. The van der Waals surface area contributed by atoms with Crippen LogP contribution in [0.1, 0.15) is 12.8 Å². The molecule has 1 saturated heterocycles. The molecule has 236 valence electrons. The lowest BCUT2D eigenvalue weighted by Gasteiger charge is -2.44. The van der Waals surface area contributed by atoms with Gasteiger partial charge in [-0.05, 0) is 67.4 Å². The van der Waals surface area contributed by atoms with Gasteiger partial charge in [0.05, 0.1) is 32.6 Å². The van der Waals surface area contributed by atoms with E-state index in [0.717, 1.165) is 11.1 Å². The van der Waals surface area contributed by atoms with E-state index in [1.54, 1.807) is 43.4 Å². The number of amides is 2. The number of ether oxygens (including phenoxy) is 3. The number of hydrogen-bond acceptors (Lipinski definition) is 8. The quantitative estimate of drug-likeness (QED) is 0.401. The third kappa shape index (κ3) is 7.27. The highest BCUT2D eigenvalue weighted by Gasteiger charge is 2.39. The number of nitrogens with one attached hydrogen (secondary N) is 2. The van der Waals surface area contributed by atoms with Gasteiger partial charge in [0.1, 0.15) is 22.1 Å². The highest BCUT2D eigenvalue weighted by Crippen LogP contribution is 2.37. The number of likely N-dealkylation sites (N-methyl/N-ethyl adjacent to an activating group) is 1. The van der Waals surface area contributed by atoms with Gasteiger partial charge in [-0.1, -0.05) is 30.3 Å². The summed E-state index contributed by atoms with van der Waals surface area (Å²) in [5, 5.41) is 13.6. The number of nitrogens with zero attached hydrogens (tertiary/aromatic N) is 2. The number of rotatable bonds is 4. The van der Waals surface area contributed by atoms with Crippen molar-refractivity contribution in [3.05, 3.63) is 66.7 Å². The molecule has 2 amide bonds. The zero-order valence-corrected chi connectivity index (χ0v) is 26.1. The van der Waals surface area contributed by atoms with E-state index in [1.807, 2.05) is 48.3 Å². The molecule has 3 N–H and O–H groups in total. The van der Waals surface area contributed by atoms with Gasteiger partial charge in [-0.25, -0.2) is 17.9 Å². The van der Waals surface area contributed by atoms with Gasteiger partial charge >= 0.3 is 6.03 Å². The van der Waals surface area contributed by atoms with Gasteiger partial charge in [0.25, 0.3) is 0 Å². The first kappa shape index (κ1) is 31.6. The summed E-state index contributed by atoms with van der Waals surface area (Å²) in [5.41, 5.74) is 1.84. The number of hydrogen-bond donors (Lipinski definition) is 3. The van der Waals surface area contributed by atoms with Crippen molar-refractivity contribution in [1.29, 1.82) is 0 Å². The van der Waals surface area contributed by atoms with Gasteiger partial charge in [0, 0.05) is 38.1 Å². The van der Waals surface area contributed by atoms with Crippen LogP contribution in [0.3, 0.4) is 0 Å². The summed E-state index contributed by atoms with van der Waals surface area (Å²) in [6, 6.07) is 19.6. The van der Waals surface area contributed by atoms with Crippen molar-refractivity contribution in [2.75, 3.05) is 65.9 Å². The molecular weight excluding hydrogens is 584 g/mol. The molecule has 5 rings (SSSR count). The fourth-order valence-corrected chi connectivity index (χ4v) is 7.07. The number of β-amino-alcohol motifs (C(OH)–C–C–N with tert-alkyl or cyclic N) is 1. The van der Waals surface area contributed by atoms with Crippen molar-refractivity contribution in [1.82, 2.24) is 14.5 Å². The standard InChI is InChI=1S/C32H40N4O7S/c1-35-20-25(37)19-33-44(39,40)30-12-11-24(23-7-6-8-26(17-23)41-2)18-29(30)43-22-32(21-35)13-15-36(16-14-32)31(38)34-27-9-4-5-10-28(27)42-3/h4-12,17-18,25,33,37H,13-16,19-22H2,1-3H3,(H,34,38). The number of likely N-dealkylation sites (tertiary alicyclic amines) is 1. The third-order valence-electron chi connectivity index (χ3n) is 8.27. The molecule has 3 aromatic carbocycles. The maximum absolute atomic E-state index is 13.4. The molecule has 1 atom stereocenters. The molecule has 0 aliphatic carbocycles. The average Bonchev–Trinajstić information content (AvgIpc) is 3.03. The predicted octanol–water partition coefficient (Wildman–Crippen LogP) is 3.65. The van der Waals surface area contributed by atoms with E-state index >= 15 is 0 Å². The largest absolute Gasteiger partial charge is 0.497 e. The van der Waals surface area contributed by atoms with Gasteiger partial charge in [0.2, 0.25) is 10.0 Å². The lowest BCUT2D eigenvalue weighted by Crippen LogP contribution is -2.52. The van der Waals surface area contributed by atoms with Gasteiger partial charge in [-0.2, -0.15) is 0 Å². The number of methoxy groups -OCH3 is 2. The highest BCUT2D eigenvalue weighted by atomic mass is 32.2. The number of aliphatic hydroxyl groups excluding tert-OH is 1. The van der Waals surface area contributed by atoms with Gasteiger partial charge < -0.3 is 34.4 Å². The molecule has 2 aliphatic heterocycles. The maximum atomic E-state index is 13.4. The number of sulfonamides is 1. The van der Waals surface area contributed by atoms with Crippen LogP contribution >= 0.6 is 0 Å². The minimum atomic E-state index is -3.98. The first-order valence-corrected chi connectivity index (χ1v) is 16.1. The van der Waals surface area contributed by atoms with E-state index in [4.69, 9.17) is 14.2 Å². The van der Waals surface area contributed by atoms with E-state index < -0.39 is 21.5 Å². The Morgan fingerprint density at radius 3 is 2.52 bits per heavy atom. The number of piperidine rings is 1. The van der Waals surface area contributed by atoms with Crippen molar-refractivity contribution in [3.8, 4) is 28.4 Å². The molecule has 2 aliphatic rings. The number of fused-ring (bicyclic) bond motifs is 1. The number of carbonyl (C=O) groups excluding carboxylic acids is 1. The zero-order chi connectivity index (χ0) is 31.3. The fourth-order valence-electron chi connectivity index (χ4n) is 5.88. The number of anilines is 1. The van der Waals surface area contributed by atoms with Crippen LogP contribution in [0.25, 0.3) is 11.1 Å². The second-order valence-corrected chi connectivity index (χ2v) is 13.2. The lowest BCUT2D eigenvalue weighted by molar-refractivity contribution is 0.0256. The summed E-state index contributed by atoms with van der Waals surface area (Å²) < 4.78 is 46.5. The average molecular weight is 625 g/mol. The molecule has 1 fully saturated rings. The van der Waals surface area contributed by atoms with Crippen LogP contribution in [-0.4, -0.2) is 96.1 Å². The van der Waals surface area contributed by atoms with Gasteiger partial charge in [-0.3, -0.25) is 0 Å². The lowest BCUT2D eigenvalue weighted by atomic mass is 9.78. The number of aliphatic hydroxyl groups is 1. The van der Waals surface area contributed by atoms with Crippen LogP contribution < -0.4 is 24.2 Å². The van der Waals surface area contributed by atoms with E-state index in [0.29, 0.717) is 49.7 Å². The highest BCUT2D eigenvalue weighted by molar-refractivity contribution is 7.89. The molecular formula is C32H40N4O7S. The Morgan fingerprint density at radius 1 is 1.02 bits per heavy atom. The van der Waals surface area contributed by atoms with Crippen LogP contribution in [-0.2, 0) is 10.0 Å². The minimum Gasteiger partial charge on any atom is -0.497 e. The fraction of sp³-hybridized carbons (Fsp3) is 0.406. The topological polar surface area (TPSA) is 130 Å². The summed E-state index contributed by atoms with van der Waals surface area (Å²) in [6.07, 6.45) is 0.351. The Bertz CT molecular complexity index is 1570. The van der Waals surface area contributed by atoms with Crippen LogP contribution in [0.5, 0.6) is 17.2 Å².